The molecule has 3 aromatic rings. The Morgan fingerprint density at radius 2 is 1.82 bits per heavy atom. The predicted molar refractivity (Wildman–Crippen MR) is 142 cm³/mol. The van der Waals surface area contributed by atoms with E-state index in [0.29, 0.717) is 29.0 Å². The van der Waals surface area contributed by atoms with Crippen molar-refractivity contribution in [3.63, 3.8) is 0 Å². The van der Waals surface area contributed by atoms with E-state index in [9.17, 15) is 24.3 Å². The molecule has 38 heavy (non-hydrogen) atoms. The summed E-state index contributed by atoms with van der Waals surface area (Å²) in [5.74, 6) is -1.11. The highest BCUT2D eigenvalue weighted by Gasteiger charge is 2.45. The number of aromatic hydroxyl groups is 1. The predicted octanol–water partition coefficient (Wildman–Crippen LogP) is 3.30. The number of Topliss-reactive ketones (excluding diaryl/α,β-unsaturated/α-hetero) is 1. The van der Waals surface area contributed by atoms with Crippen LogP contribution in [0.15, 0.2) is 91.5 Å². The molecule has 0 amide bonds. The van der Waals surface area contributed by atoms with Crippen molar-refractivity contribution in [2.75, 3.05) is 6.61 Å². The molecule has 1 N–H and O–H groups in total. The van der Waals surface area contributed by atoms with Crippen molar-refractivity contribution in [1.82, 2.24) is 13.9 Å². The van der Waals surface area contributed by atoms with Gasteiger partial charge in [0, 0.05) is 29.6 Å². The number of aromatic nitrogens is 3. The Bertz CT molecular complexity index is 1740. The third kappa shape index (κ3) is 3.51. The number of halogens is 1. The maximum atomic E-state index is 13.7. The van der Waals surface area contributed by atoms with Gasteiger partial charge in [-0.1, -0.05) is 30.3 Å². The molecule has 0 saturated heterocycles. The van der Waals surface area contributed by atoms with Crippen LogP contribution in [0.3, 0.4) is 0 Å². The lowest BCUT2D eigenvalue weighted by atomic mass is 9.69. The highest BCUT2D eigenvalue weighted by atomic mass is 79.9. The summed E-state index contributed by atoms with van der Waals surface area (Å²) < 4.78 is 9.62. The standard InChI is InChI=1S/C28H22BrN3O6/c1-2-38-23-12-15(8-9-21(23)33)24-17-10-11-30-27(36)31(16-6-4-3-5-7-16)28(37)32(30)20(17)13-18-25(24)22(34)14-19(29)26(18)35/h3-10,12,14,20,24,33H,2,11,13H2,1H3. The maximum absolute atomic E-state index is 13.7. The first-order valence-electron chi connectivity index (χ1n) is 12.2. The SMILES string of the molecule is CCOc1cc(C2C3=CCn4c(=O)n(-c5ccccc5)c(=O)n4C3CC3=C2C(=O)C=C(Br)C3=O)ccc1O. The van der Waals surface area contributed by atoms with Crippen LogP contribution in [0.5, 0.6) is 11.5 Å². The van der Waals surface area contributed by atoms with Crippen molar-refractivity contribution in [2.24, 2.45) is 0 Å². The van der Waals surface area contributed by atoms with Gasteiger partial charge in [-0.15, -0.1) is 0 Å². The molecular weight excluding hydrogens is 554 g/mol. The Morgan fingerprint density at radius 3 is 2.55 bits per heavy atom. The van der Waals surface area contributed by atoms with Gasteiger partial charge in [0.25, 0.3) is 0 Å². The zero-order valence-electron chi connectivity index (χ0n) is 20.3. The topological polar surface area (TPSA) is 113 Å². The van der Waals surface area contributed by atoms with Gasteiger partial charge in [-0.25, -0.2) is 23.5 Å². The van der Waals surface area contributed by atoms with E-state index in [-0.39, 0.29) is 40.5 Å². The van der Waals surface area contributed by atoms with Gasteiger partial charge < -0.3 is 9.84 Å². The fraction of sp³-hybridized carbons (Fsp3) is 0.214. The summed E-state index contributed by atoms with van der Waals surface area (Å²) in [6.07, 6.45) is 3.21. The molecule has 6 rings (SSSR count). The summed E-state index contributed by atoms with van der Waals surface area (Å²) in [6, 6.07) is 12.8. The first-order chi connectivity index (χ1) is 18.3. The molecule has 2 unspecified atom stereocenters. The summed E-state index contributed by atoms with van der Waals surface area (Å²) in [4.78, 5) is 53.7. The van der Waals surface area contributed by atoms with Crippen molar-refractivity contribution < 1.29 is 19.4 Å². The zero-order valence-corrected chi connectivity index (χ0v) is 21.8. The number of hydrogen-bond donors (Lipinski definition) is 1. The van der Waals surface area contributed by atoms with Crippen LogP contribution in [0.1, 0.15) is 30.9 Å². The normalized spacial score (nSPS) is 20.4. The van der Waals surface area contributed by atoms with Gasteiger partial charge in [0.05, 0.1) is 29.4 Å². The van der Waals surface area contributed by atoms with E-state index < -0.39 is 23.3 Å². The minimum Gasteiger partial charge on any atom is -0.504 e. The van der Waals surface area contributed by atoms with E-state index in [1.807, 2.05) is 6.08 Å². The number of rotatable bonds is 4. The van der Waals surface area contributed by atoms with E-state index in [2.05, 4.69) is 15.9 Å². The van der Waals surface area contributed by atoms with E-state index in [0.717, 1.165) is 10.1 Å². The number of nitrogens with zero attached hydrogens (tertiary/aromatic N) is 3. The van der Waals surface area contributed by atoms with Crippen LogP contribution in [-0.2, 0) is 16.1 Å². The largest absolute Gasteiger partial charge is 0.504 e. The molecule has 2 aliphatic carbocycles. The van der Waals surface area contributed by atoms with Gasteiger partial charge in [0.2, 0.25) is 0 Å². The van der Waals surface area contributed by atoms with Crippen LogP contribution in [0.25, 0.3) is 5.69 Å². The van der Waals surface area contributed by atoms with Crippen molar-refractivity contribution in [3.05, 3.63) is 108 Å². The molecular formula is C28H22BrN3O6. The molecule has 0 saturated carbocycles. The fourth-order valence-electron chi connectivity index (χ4n) is 5.64. The van der Waals surface area contributed by atoms with Crippen molar-refractivity contribution in [3.8, 4) is 17.2 Å². The highest BCUT2D eigenvalue weighted by Crippen LogP contribution is 2.50. The Balaban J connectivity index is 1.58. The fourth-order valence-corrected chi connectivity index (χ4v) is 6.08. The molecule has 0 fully saturated rings. The van der Waals surface area contributed by atoms with Crippen molar-refractivity contribution in [1.29, 1.82) is 0 Å². The summed E-state index contributed by atoms with van der Waals surface area (Å²) in [5.41, 5.74) is 1.43. The van der Waals surface area contributed by atoms with Gasteiger partial charge in [-0.2, -0.15) is 0 Å². The third-order valence-corrected chi connectivity index (χ3v) is 7.82. The number of allylic oxidation sites excluding steroid dienone is 6. The first kappa shape index (κ1) is 24.2. The molecule has 0 spiro atoms. The van der Waals surface area contributed by atoms with Crippen LogP contribution >= 0.6 is 15.9 Å². The average Bonchev–Trinajstić information content (AvgIpc) is 3.17. The summed E-state index contributed by atoms with van der Waals surface area (Å²) in [6.45, 7) is 2.24. The van der Waals surface area contributed by atoms with Crippen LogP contribution in [-0.4, -0.2) is 37.2 Å². The van der Waals surface area contributed by atoms with Gasteiger partial charge in [0.15, 0.2) is 23.1 Å². The summed E-state index contributed by atoms with van der Waals surface area (Å²) in [5, 5.41) is 10.3. The zero-order chi connectivity index (χ0) is 26.7. The molecule has 2 heterocycles. The second-order valence-corrected chi connectivity index (χ2v) is 10.1. The number of fused-ring (bicyclic) bond motifs is 3. The second kappa shape index (κ2) is 8.98. The van der Waals surface area contributed by atoms with E-state index >= 15 is 0 Å². The van der Waals surface area contributed by atoms with Crippen LogP contribution in [0, 0.1) is 0 Å². The van der Waals surface area contributed by atoms with Crippen LogP contribution in [0.2, 0.25) is 0 Å². The van der Waals surface area contributed by atoms with Gasteiger partial charge in [0.1, 0.15) is 0 Å². The van der Waals surface area contributed by atoms with Crippen LogP contribution < -0.4 is 16.1 Å². The average molecular weight is 576 g/mol. The number of phenolic OH excluding ortho intramolecular Hbond substituents is 1. The third-order valence-electron chi connectivity index (χ3n) is 7.23. The van der Waals surface area contributed by atoms with Gasteiger partial charge >= 0.3 is 11.4 Å². The minimum absolute atomic E-state index is 0.0477. The Morgan fingerprint density at radius 1 is 1.05 bits per heavy atom. The number of phenols is 1. The lowest BCUT2D eigenvalue weighted by Gasteiger charge is -2.39. The molecule has 2 aromatic carbocycles. The van der Waals surface area contributed by atoms with Crippen LogP contribution in [0.4, 0.5) is 0 Å². The molecule has 192 valence electrons. The first-order valence-corrected chi connectivity index (χ1v) is 13.0. The molecule has 2 atom stereocenters. The van der Waals surface area contributed by atoms with Gasteiger partial charge in [-0.05, 0) is 58.3 Å². The molecule has 10 heteroatoms. The number of para-hydroxylation sites is 1. The van der Waals surface area contributed by atoms with E-state index in [1.54, 1.807) is 49.4 Å². The summed E-state index contributed by atoms with van der Waals surface area (Å²) >= 11 is 3.22. The lowest BCUT2D eigenvalue weighted by molar-refractivity contribution is -0.115. The number of ketones is 2. The Kier molecular flexibility index (Phi) is 5.71. The lowest BCUT2D eigenvalue weighted by Crippen LogP contribution is -2.40. The Hall–Kier alpha value is -4.18. The van der Waals surface area contributed by atoms with Gasteiger partial charge in [-0.3, -0.25) is 9.59 Å². The second-order valence-electron chi connectivity index (χ2n) is 9.26. The van der Waals surface area contributed by atoms with E-state index in [4.69, 9.17) is 4.74 Å². The number of carbonyl (C=O) groups excluding carboxylic acids is 2. The molecule has 1 aromatic heterocycles. The molecule has 0 radical (unpaired) electrons. The van der Waals surface area contributed by atoms with Crippen molar-refractivity contribution in [2.45, 2.75) is 31.8 Å². The molecule has 1 aliphatic heterocycles. The number of ether oxygens (including phenoxy) is 1. The minimum atomic E-state index is -0.673. The number of carbonyl (C=O) groups is 2. The molecule has 9 nitrogen and oxygen atoms in total. The monoisotopic (exact) mass is 575 g/mol. The number of hydrogen-bond acceptors (Lipinski definition) is 6. The Labute approximate surface area is 224 Å². The molecule has 3 aliphatic rings. The van der Waals surface area contributed by atoms with Crippen molar-refractivity contribution >= 4 is 27.5 Å². The molecule has 0 bridgehead atoms. The van der Waals surface area contributed by atoms with E-state index in [1.165, 1.54) is 21.5 Å². The summed E-state index contributed by atoms with van der Waals surface area (Å²) in [7, 11) is 0. The smallest absolute Gasteiger partial charge is 0.352 e. The quantitative estimate of drug-likeness (QED) is 0.377. The maximum Gasteiger partial charge on any atom is 0.352 e. The highest BCUT2D eigenvalue weighted by molar-refractivity contribution is 9.12. The number of benzene rings is 2.